The zero-order valence-corrected chi connectivity index (χ0v) is 18.3. The van der Waals surface area contributed by atoms with Crippen LogP contribution >= 0.6 is 11.3 Å². The fourth-order valence-corrected chi connectivity index (χ4v) is 4.29. The second-order valence-corrected chi connectivity index (χ2v) is 8.60. The molecule has 1 aromatic carbocycles. The van der Waals surface area contributed by atoms with Crippen molar-refractivity contribution in [2.75, 3.05) is 6.61 Å². The summed E-state index contributed by atoms with van der Waals surface area (Å²) >= 11 is 1.54. The molecule has 0 N–H and O–H groups in total. The van der Waals surface area contributed by atoms with Gasteiger partial charge in [-0.25, -0.2) is 4.79 Å². The third-order valence-corrected chi connectivity index (χ3v) is 6.16. The number of thiophene rings is 1. The van der Waals surface area contributed by atoms with Gasteiger partial charge in [0.05, 0.1) is 12.2 Å². The molecule has 0 aliphatic carbocycles. The molecular weight excluding hydrogens is 380 g/mol. The molecule has 0 unspecified atom stereocenters. The van der Waals surface area contributed by atoms with E-state index in [1.54, 1.807) is 11.3 Å². The molecule has 2 heterocycles. The highest BCUT2D eigenvalue weighted by atomic mass is 32.1. The number of fused-ring (bicyclic) bond motifs is 1. The summed E-state index contributed by atoms with van der Waals surface area (Å²) in [4.78, 5) is 13.2. The van der Waals surface area contributed by atoms with Crippen molar-refractivity contribution in [2.24, 2.45) is 0 Å². The molecule has 156 valence electrons. The highest BCUT2D eigenvalue weighted by Gasteiger charge is 2.09. The summed E-state index contributed by atoms with van der Waals surface area (Å²) in [6, 6.07) is 11.5. The molecule has 0 fully saturated rings. The van der Waals surface area contributed by atoms with Gasteiger partial charge in [0.1, 0.15) is 11.3 Å². The molecule has 3 nitrogen and oxygen atoms in total. The quantitative estimate of drug-likeness (QED) is 0.212. The number of ether oxygens (including phenoxy) is 1. The second kappa shape index (κ2) is 11.8. The molecule has 2 aromatic heterocycles. The SMILES string of the molecule is CCCCCCCCCCCCOc1ccc2cc(-c3cccs3)c(=O)oc2c1. The number of hydrogen-bond acceptors (Lipinski definition) is 4. The van der Waals surface area contributed by atoms with Gasteiger partial charge in [0, 0.05) is 16.3 Å². The van der Waals surface area contributed by atoms with Crippen molar-refractivity contribution >= 4 is 22.3 Å². The van der Waals surface area contributed by atoms with E-state index in [0.717, 1.165) is 22.4 Å². The summed E-state index contributed by atoms with van der Waals surface area (Å²) < 4.78 is 11.4. The Labute approximate surface area is 177 Å². The lowest BCUT2D eigenvalue weighted by Gasteiger charge is -2.07. The first kappa shape index (κ1) is 21.6. The van der Waals surface area contributed by atoms with Crippen LogP contribution in [-0.4, -0.2) is 6.61 Å². The lowest BCUT2D eigenvalue weighted by atomic mass is 10.1. The Bertz CT molecular complexity index is 911. The van der Waals surface area contributed by atoms with E-state index in [-0.39, 0.29) is 5.63 Å². The Morgan fingerprint density at radius 2 is 1.62 bits per heavy atom. The fraction of sp³-hybridized carbons (Fsp3) is 0.480. The van der Waals surface area contributed by atoms with E-state index >= 15 is 0 Å². The highest BCUT2D eigenvalue weighted by molar-refractivity contribution is 7.13. The van der Waals surface area contributed by atoms with Crippen LogP contribution in [0.3, 0.4) is 0 Å². The van der Waals surface area contributed by atoms with E-state index < -0.39 is 0 Å². The molecule has 0 saturated carbocycles. The standard InChI is InChI=1S/C25H32O3S/c1-2-3-4-5-6-7-8-9-10-11-16-27-21-15-14-20-18-22(24-13-12-17-29-24)25(26)28-23(20)19-21/h12-15,17-19H,2-11,16H2,1H3. The Morgan fingerprint density at radius 1 is 0.897 bits per heavy atom. The van der Waals surface area contributed by atoms with Crippen molar-refractivity contribution in [2.45, 2.75) is 71.1 Å². The molecule has 0 radical (unpaired) electrons. The molecule has 0 bridgehead atoms. The Balaban J connectivity index is 1.40. The van der Waals surface area contributed by atoms with Gasteiger partial charge >= 0.3 is 5.63 Å². The van der Waals surface area contributed by atoms with Crippen LogP contribution in [-0.2, 0) is 0 Å². The van der Waals surface area contributed by atoms with Gasteiger partial charge in [-0.05, 0) is 36.1 Å². The van der Waals surface area contributed by atoms with Crippen molar-refractivity contribution < 1.29 is 9.15 Å². The van der Waals surface area contributed by atoms with Gasteiger partial charge in [0.2, 0.25) is 0 Å². The molecule has 0 spiro atoms. The van der Waals surface area contributed by atoms with Gasteiger partial charge in [-0.2, -0.15) is 0 Å². The molecular formula is C25H32O3S. The molecule has 0 aliphatic heterocycles. The lowest BCUT2D eigenvalue weighted by Crippen LogP contribution is -2.02. The van der Waals surface area contributed by atoms with Crippen molar-refractivity contribution in [1.82, 2.24) is 0 Å². The molecule has 0 atom stereocenters. The van der Waals surface area contributed by atoms with Crippen molar-refractivity contribution in [3.63, 3.8) is 0 Å². The molecule has 0 amide bonds. The number of unbranched alkanes of at least 4 members (excludes halogenated alkanes) is 9. The van der Waals surface area contributed by atoms with Gasteiger partial charge in [0.25, 0.3) is 0 Å². The van der Waals surface area contributed by atoms with Crippen LogP contribution in [0.4, 0.5) is 0 Å². The van der Waals surface area contributed by atoms with Gasteiger partial charge in [-0.15, -0.1) is 11.3 Å². The van der Waals surface area contributed by atoms with Crippen LogP contribution in [0, 0.1) is 0 Å². The first-order valence-corrected chi connectivity index (χ1v) is 11.9. The van der Waals surface area contributed by atoms with Crippen LogP contribution in [0.1, 0.15) is 71.1 Å². The van der Waals surface area contributed by atoms with Crippen LogP contribution in [0.5, 0.6) is 5.75 Å². The largest absolute Gasteiger partial charge is 0.493 e. The van der Waals surface area contributed by atoms with Gasteiger partial charge in [-0.3, -0.25) is 0 Å². The molecule has 0 aliphatic rings. The Hall–Kier alpha value is -2.07. The molecule has 3 aromatic rings. The van der Waals surface area contributed by atoms with Crippen molar-refractivity contribution in [1.29, 1.82) is 0 Å². The van der Waals surface area contributed by atoms with E-state index in [1.165, 1.54) is 57.8 Å². The predicted molar refractivity (Wildman–Crippen MR) is 123 cm³/mol. The van der Waals surface area contributed by atoms with E-state index in [4.69, 9.17) is 9.15 Å². The summed E-state index contributed by atoms with van der Waals surface area (Å²) in [7, 11) is 0. The summed E-state index contributed by atoms with van der Waals surface area (Å²) in [5.41, 5.74) is 0.897. The van der Waals surface area contributed by atoms with E-state index in [0.29, 0.717) is 17.8 Å². The van der Waals surface area contributed by atoms with Gasteiger partial charge in [-0.1, -0.05) is 70.8 Å². The zero-order chi connectivity index (χ0) is 20.3. The summed E-state index contributed by atoms with van der Waals surface area (Å²) in [5.74, 6) is 0.764. The predicted octanol–water partition coefficient (Wildman–Crippen LogP) is 7.82. The smallest absolute Gasteiger partial charge is 0.345 e. The maximum Gasteiger partial charge on any atom is 0.345 e. The van der Waals surface area contributed by atoms with E-state index in [1.807, 2.05) is 41.8 Å². The maximum absolute atomic E-state index is 12.3. The van der Waals surface area contributed by atoms with Crippen molar-refractivity contribution in [3.8, 4) is 16.2 Å². The summed E-state index contributed by atoms with van der Waals surface area (Å²) in [6.45, 7) is 2.97. The third kappa shape index (κ3) is 6.74. The molecule has 3 rings (SSSR count). The molecule has 29 heavy (non-hydrogen) atoms. The first-order chi connectivity index (χ1) is 14.3. The normalized spacial score (nSPS) is 11.2. The summed E-state index contributed by atoms with van der Waals surface area (Å²) in [5, 5.41) is 2.88. The molecule has 0 saturated heterocycles. The minimum Gasteiger partial charge on any atom is -0.493 e. The summed E-state index contributed by atoms with van der Waals surface area (Å²) in [6.07, 6.45) is 13.1. The highest BCUT2D eigenvalue weighted by Crippen LogP contribution is 2.27. The minimum absolute atomic E-state index is 0.299. The average molecular weight is 413 g/mol. The molecule has 4 heteroatoms. The van der Waals surface area contributed by atoms with Crippen LogP contribution in [0.15, 0.2) is 51.0 Å². The maximum atomic E-state index is 12.3. The van der Waals surface area contributed by atoms with E-state index in [9.17, 15) is 4.79 Å². The number of hydrogen-bond donors (Lipinski definition) is 0. The number of rotatable bonds is 13. The second-order valence-electron chi connectivity index (χ2n) is 7.65. The Morgan fingerprint density at radius 3 is 2.31 bits per heavy atom. The lowest BCUT2D eigenvalue weighted by molar-refractivity contribution is 0.304. The Kier molecular flexibility index (Phi) is 8.82. The fourth-order valence-electron chi connectivity index (χ4n) is 3.56. The van der Waals surface area contributed by atoms with Crippen LogP contribution in [0.25, 0.3) is 21.4 Å². The zero-order valence-electron chi connectivity index (χ0n) is 17.5. The van der Waals surface area contributed by atoms with E-state index in [2.05, 4.69) is 6.92 Å². The monoisotopic (exact) mass is 412 g/mol. The van der Waals surface area contributed by atoms with Crippen molar-refractivity contribution in [3.05, 3.63) is 52.2 Å². The third-order valence-electron chi connectivity index (χ3n) is 5.26. The first-order valence-electron chi connectivity index (χ1n) is 11.0. The van der Waals surface area contributed by atoms with Gasteiger partial charge in [0.15, 0.2) is 0 Å². The van der Waals surface area contributed by atoms with Crippen LogP contribution < -0.4 is 10.4 Å². The average Bonchev–Trinajstić information content (AvgIpc) is 3.26. The minimum atomic E-state index is -0.299. The van der Waals surface area contributed by atoms with Crippen LogP contribution in [0.2, 0.25) is 0 Å². The van der Waals surface area contributed by atoms with Gasteiger partial charge < -0.3 is 9.15 Å². The number of benzene rings is 1. The topological polar surface area (TPSA) is 39.4 Å².